The van der Waals surface area contributed by atoms with E-state index in [1.807, 2.05) is 40.9 Å². The first-order valence-electron chi connectivity index (χ1n) is 9.10. The van der Waals surface area contributed by atoms with Gasteiger partial charge in [-0.15, -0.1) is 11.3 Å². The van der Waals surface area contributed by atoms with Gasteiger partial charge in [-0.3, -0.25) is 14.9 Å². The number of thiophene rings is 1. The third kappa shape index (κ3) is 4.24. The number of nitro groups is 1. The van der Waals surface area contributed by atoms with Gasteiger partial charge in [0, 0.05) is 40.8 Å². The zero-order chi connectivity index (χ0) is 21.1. The van der Waals surface area contributed by atoms with Gasteiger partial charge in [-0.05, 0) is 42.0 Å². The molecular formula is C20H17N3O5S2. The van der Waals surface area contributed by atoms with E-state index in [1.54, 1.807) is 11.3 Å². The number of hydrogen-bond donors (Lipinski definition) is 1. The molecule has 10 heteroatoms. The Morgan fingerprint density at radius 2 is 1.93 bits per heavy atom. The van der Waals surface area contributed by atoms with Gasteiger partial charge in [-0.25, -0.2) is 4.79 Å². The number of non-ortho nitro benzene ring substituents is 1. The fourth-order valence-electron chi connectivity index (χ4n) is 3.15. The van der Waals surface area contributed by atoms with Crippen LogP contribution < -0.4 is 5.32 Å². The van der Waals surface area contributed by atoms with Crippen LogP contribution in [0.15, 0.2) is 48.8 Å². The van der Waals surface area contributed by atoms with Crippen LogP contribution in [0, 0.1) is 10.1 Å². The molecule has 0 radical (unpaired) electrons. The zero-order valence-electron chi connectivity index (χ0n) is 15.7. The molecule has 0 spiro atoms. The molecule has 1 aromatic carbocycles. The van der Waals surface area contributed by atoms with Crippen LogP contribution in [-0.2, 0) is 21.7 Å². The van der Waals surface area contributed by atoms with Crippen LogP contribution in [0.5, 0.6) is 0 Å². The van der Waals surface area contributed by atoms with Crippen molar-refractivity contribution in [3.8, 4) is 5.00 Å². The molecular weight excluding hydrogens is 426 g/mol. The Balaban J connectivity index is 1.46. The highest BCUT2D eigenvalue weighted by atomic mass is 32.2. The van der Waals surface area contributed by atoms with E-state index >= 15 is 0 Å². The number of anilines is 1. The van der Waals surface area contributed by atoms with Crippen LogP contribution >= 0.6 is 23.1 Å². The van der Waals surface area contributed by atoms with Crippen LogP contribution in [0.3, 0.4) is 0 Å². The monoisotopic (exact) mass is 443 g/mol. The van der Waals surface area contributed by atoms with Gasteiger partial charge in [0.15, 0.2) is 6.61 Å². The van der Waals surface area contributed by atoms with E-state index in [0.717, 1.165) is 33.4 Å². The summed E-state index contributed by atoms with van der Waals surface area (Å²) in [7, 11) is 0. The number of carbonyl (C=O) groups excluding carboxylic acids is 2. The lowest BCUT2D eigenvalue weighted by molar-refractivity contribution is -0.384. The number of hydrogen-bond acceptors (Lipinski definition) is 7. The minimum atomic E-state index is -0.526. The summed E-state index contributed by atoms with van der Waals surface area (Å²) < 4.78 is 7.20. The summed E-state index contributed by atoms with van der Waals surface area (Å²) in [4.78, 5) is 36.4. The third-order valence-electron chi connectivity index (χ3n) is 4.54. The van der Waals surface area contributed by atoms with Crippen molar-refractivity contribution < 1.29 is 19.2 Å². The van der Waals surface area contributed by atoms with Gasteiger partial charge in [0.1, 0.15) is 5.00 Å². The highest BCUT2D eigenvalue weighted by Crippen LogP contribution is 2.38. The maximum Gasteiger partial charge on any atom is 0.341 e. The minimum Gasteiger partial charge on any atom is -0.452 e. The molecule has 4 rings (SSSR count). The van der Waals surface area contributed by atoms with E-state index in [2.05, 4.69) is 5.32 Å². The summed E-state index contributed by atoms with van der Waals surface area (Å²) in [6.07, 6.45) is 4.54. The van der Waals surface area contributed by atoms with E-state index in [9.17, 15) is 19.7 Å². The fraction of sp³-hybridized carbons (Fsp3) is 0.200. The first-order valence-corrected chi connectivity index (χ1v) is 11.1. The van der Waals surface area contributed by atoms with Crippen molar-refractivity contribution in [2.24, 2.45) is 0 Å². The van der Waals surface area contributed by atoms with Crippen molar-refractivity contribution >= 4 is 46.3 Å². The van der Waals surface area contributed by atoms with Gasteiger partial charge in [0.05, 0.1) is 10.5 Å². The SMILES string of the molecule is O=C(COC(=O)c1c(-n2cccc2)sc2c1CCSC2)Nc1ccc([N+](=O)[O-])cc1. The van der Waals surface area contributed by atoms with Crippen molar-refractivity contribution in [2.45, 2.75) is 12.2 Å². The van der Waals surface area contributed by atoms with Crippen LogP contribution in [0.4, 0.5) is 11.4 Å². The van der Waals surface area contributed by atoms with Crippen molar-refractivity contribution in [3.05, 3.63) is 74.9 Å². The second-order valence-electron chi connectivity index (χ2n) is 6.51. The van der Waals surface area contributed by atoms with E-state index in [4.69, 9.17) is 4.74 Å². The predicted molar refractivity (Wildman–Crippen MR) is 116 cm³/mol. The molecule has 1 amide bonds. The molecule has 0 saturated carbocycles. The average Bonchev–Trinajstić information content (AvgIpc) is 3.40. The minimum absolute atomic E-state index is 0.0719. The maximum atomic E-state index is 12.9. The number of benzene rings is 1. The molecule has 0 atom stereocenters. The van der Waals surface area contributed by atoms with Gasteiger partial charge in [-0.2, -0.15) is 11.8 Å². The van der Waals surface area contributed by atoms with Crippen molar-refractivity contribution in [1.29, 1.82) is 0 Å². The lowest BCUT2D eigenvalue weighted by atomic mass is 10.1. The Labute approximate surface area is 180 Å². The van der Waals surface area contributed by atoms with Crippen molar-refractivity contribution in [1.82, 2.24) is 4.57 Å². The second kappa shape index (κ2) is 8.72. The Kier molecular flexibility index (Phi) is 5.86. The lowest BCUT2D eigenvalue weighted by Gasteiger charge is -2.13. The Morgan fingerprint density at radius 3 is 2.63 bits per heavy atom. The number of nitro benzene ring substituents is 1. The molecule has 1 aliphatic rings. The van der Waals surface area contributed by atoms with Crippen LogP contribution in [0.1, 0.15) is 20.8 Å². The number of ether oxygens (including phenoxy) is 1. The highest BCUT2D eigenvalue weighted by molar-refractivity contribution is 7.98. The van der Waals surface area contributed by atoms with Crippen molar-refractivity contribution in [2.75, 3.05) is 17.7 Å². The van der Waals surface area contributed by atoms with Gasteiger partial charge in [0.25, 0.3) is 11.6 Å². The number of carbonyl (C=O) groups is 2. The molecule has 3 aromatic rings. The normalized spacial score (nSPS) is 12.8. The number of fused-ring (bicyclic) bond motifs is 1. The van der Waals surface area contributed by atoms with E-state index < -0.39 is 23.4 Å². The quantitative estimate of drug-likeness (QED) is 0.350. The smallest absolute Gasteiger partial charge is 0.341 e. The highest BCUT2D eigenvalue weighted by Gasteiger charge is 2.27. The second-order valence-corrected chi connectivity index (χ2v) is 8.69. The molecule has 30 heavy (non-hydrogen) atoms. The number of nitrogens with one attached hydrogen (secondary N) is 1. The number of rotatable bonds is 6. The molecule has 0 fully saturated rings. The Morgan fingerprint density at radius 1 is 1.20 bits per heavy atom. The molecule has 8 nitrogen and oxygen atoms in total. The molecule has 1 aliphatic heterocycles. The Bertz CT molecular complexity index is 1090. The van der Waals surface area contributed by atoms with E-state index in [1.165, 1.54) is 24.3 Å². The van der Waals surface area contributed by atoms with E-state index in [-0.39, 0.29) is 5.69 Å². The molecule has 3 heterocycles. The maximum absolute atomic E-state index is 12.9. The topological polar surface area (TPSA) is 103 Å². The third-order valence-corrected chi connectivity index (χ3v) is 6.95. The first kappa shape index (κ1) is 20.2. The zero-order valence-corrected chi connectivity index (χ0v) is 17.3. The summed E-state index contributed by atoms with van der Waals surface area (Å²) in [5, 5.41) is 14.1. The van der Waals surface area contributed by atoms with Gasteiger partial charge in [-0.1, -0.05) is 0 Å². The summed E-state index contributed by atoms with van der Waals surface area (Å²) in [5.41, 5.74) is 1.84. The molecule has 154 valence electrons. The molecule has 0 unspecified atom stereocenters. The molecule has 0 saturated heterocycles. The number of esters is 1. The molecule has 0 aliphatic carbocycles. The van der Waals surface area contributed by atoms with Gasteiger partial charge in [0.2, 0.25) is 0 Å². The summed E-state index contributed by atoms with van der Waals surface area (Å²) in [6, 6.07) is 9.21. The predicted octanol–water partition coefficient (Wildman–Crippen LogP) is 4.03. The Hall–Kier alpha value is -3.11. The van der Waals surface area contributed by atoms with Gasteiger partial charge >= 0.3 is 5.97 Å². The summed E-state index contributed by atoms with van der Waals surface area (Å²) in [5.74, 6) is 0.763. The van der Waals surface area contributed by atoms with Gasteiger partial charge < -0.3 is 14.6 Å². The summed E-state index contributed by atoms with van der Waals surface area (Å²) in [6.45, 7) is -0.444. The first-order chi connectivity index (χ1) is 14.5. The van der Waals surface area contributed by atoms with Crippen LogP contribution in [0.2, 0.25) is 0 Å². The molecule has 1 N–H and O–H groups in total. The molecule has 0 bridgehead atoms. The fourth-order valence-corrected chi connectivity index (χ4v) is 5.58. The van der Waals surface area contributed by atoms with Crippen molar-refractivity contribution in [3.63, 3.8) is 0 Å². The molecule has 2 aromatic heterocycles. The average molecular weight is 444 g/mol. The number of nitrogens with zero attached hydrogens (tertiary/aromatic N) is 2. The summed E-state index contributed by atoms with van der Waals surface area (Å²) >= 11 is 3.41. The number of thioether (sulfide) groups is 1. The van der Waals surface area contributed by atoms with Crippen LogP contribution in [0.25, 0.3) is 5.00 Å². The van der Waals surface area contributed by atoms with E-state index in [0.29, 0.717) is 11.3 Å². The lowest BCUT2D eigenvalue weighted by Crippen LogP contribution is -2.22. The number of amides is 1. The number of aromatic nitrogens is 1. The standard InChI is InChI=1S/C20H17N3O5S2/c24-17(21-13-3-5-14(6-4-13)23(26)27)11-28-20(25)18-15-7-10-29-12-16(15)30-19(18)22-8-1-2-9-22/h1-6,8-9H,7,10-12H2,(H,21,24). The van der Waals surface area contributed by atoms with Crippen LogP contribution in [-0.4, -0.2) is 33.7 Å². The largest absolute Gasteiger partial charge is 0.452 e.